The van der Waals surface area contributed by atoms with Crippen LogP contribution in [0.15, 0.2) is 35.5 Å². The van der Waals surface area contributed by atoms with E-state index < -0.39 is 22.7 Å². The largest absolute Gasteiger partial charge is 0.493 e. The topological polar surface area (TPSA) is 114 Å². The van der Waals surface area contributed by atoms with Crippen LogP contribution in [0.25, 0.3) is 11.4 Å². The number of nitrogen functional groups attached to an aromatic ring is 1. The van der Waals surface area contributed by atoms with Crippen LogP contribution >= 0.6 is 23.4 Å². The normalized spacial score (nSPS) is 11.3. The van der Waals surface area contributed by atoms with Crippen molar-refractivity contribution in [2.24, 2.45) is 0 Å². The van der Waals surface area contributed by atoms with Gasteiger partial charge in [0, 0.05) is 11.3 Å². The number of nitrogens with zero attached hydrogens (tertiary/aromatic N) is 3. The Morgan fingerprint density at radius 2 is 1.76 bits per heavy atom. The number of rotatable bonds is 8. The average Bonchev–Trinajstić information content (AvgIpc) is 3.17. The quantitative estimate of drug-likeness (QED) is 0.339. The van der Waals surface area contributed by atoms with E-state index in [0.717, 1.165) is 23.9 Å². The fourth-order valence-electron chi connectivity index (χ4n) is 2.93. The van der Waals surface area contributed by atoms with Gasteiger partial charge in [-0.15, -0.1) is 10.2 Å². The Morgan fingerprint density at radius 3 is 2.32 bits per heavy atom. The molecule has 0 aliphatic heterocycles. The van der Waals surface area contributed by atoms with Crippen molar-refractivity contribution in [1.82, 2.24) is 14.9 Å². The summed E-state index contributed by atoms with van der Waals surface area (Å²) in [6, 6.07) is 6.36. The highest BCUT2D eigenvalue weighted by molar-refractivity contribution is 7.99. The lowest BCUT2D eigenvalue weighted by Crippen LogP contribution is -2.17. The molecule has 1 heterocycles. The Balaban J connectivity index is 1.74. The molecule has 2 aromatic carbocycles. The maximum atomic E-state index is 13.0. The summed E-state index contributed by atoms with van der Waals surface area (Å²) in [6.45, 7) is 0. The molecule has 3 N–H and O–H groups in total. The number of aromatic nitrogens is 3. The Morgan fingerprint density at radius 1 is 1.12 bits per heavy atom. The molecular formula is C20H19ClF3N5O4S. The number of benzene rings is 2. The Hall–Kier alpha value is -3.32. The standard InChI is InChI=1S/C20H19ClF3N5O4S/c1-31-14-6-10(7-15(32-2)17(14)33-3)18-27-28-19(29(18)25)34-9-16(30)26-11-4-5-13(21)12(8-11)20(22,23)24/h4-8H,9,25H2,1-3H3,(H,26,30). The van der Waals surface area contributed by atoms with Crippen molar-refractivity contribution < 1.29 is 32.2 Å². The maximum Gasteiger partial charge on any atom is 0.417 e. The van der Waals surface area contributed by atoms with Gasteiger partial charge in [0.05, 0.1) is 37.7 Å². The fraction of sp³-hybridized carbons (Fsp3) is 0.250. The van der Waals surface area contributed by atoms with Crippen LogP contribution in [0.5, 0.6) is 17.2 Å². The first-order chi connectivity index (χ1) is 16.1. The molecule has 0 aliphatic carbocycles. The highest BCUT2D eigenvalue weighted by Gasteiger charge is 2.33. The van der Waals surface area contributed by atoms with Gasteiger partial charge in [-0.2, -0.15) is 13.2 Å². The second-order valence-corrected chi connectivity index (χ2v) is 7.97. The zero-order valence-corrected chi connectivity index (χ0v) is 19.6. The lowest BCUT2D eigenvalue weighted by molar-refractivity contribution is -0.137. The molecule has 1 aromatic heterocycles. The van der Waals surface area contributed by atoms with Crippen LogP contribution in [-0.4, -0.2) is 47.9 Å². The molecule has 0 atom stereocenters. The van der Waals surface area contributed by atoms with Crippen molar-refractivity contribution in [1.29, 1.82) is 0 Å². The van der Waals surface area contributed by atoms with Crippen molar-refractivity contribution in [2.45, 2.75) is 11.3 Å². The summed E-state index contributed by atoms with van der Waals surface area (Å²) < 4.78 is 56.1. The number of thioether (sulfide) groups is 1. The zero-order chi connectivity index (χ0) is 25.0. The molecule has 14 heteroatoms. The molecule has 0 aliphatic rings. The molecule has 0 saturated heterocycles. The van der Waals surface area contributed by atoms with Crippen LogP contribution in [0.4, 0.5) is 18.9 Å². The second-order valence-electron chi connectivity index (χ2n) is 6.62. The minimum atomic E-state index is -4.65. The van der Waals surface area contributed by atoms with E-state index in [0.29, 0.717) is 22.8 Å². The summed E-state index contributed by atoms with van der Waals surface area (Å²) >= 11 is 6.54. The van der Waals surface area contributed by atoms with Crippen LogP contribution in [0.3, 0.4) is 0 Å². The van der Waals surface area contributed by atoms with Crippen molar-refractivity contribution in [3.8, 4) is 28.6 Å². The number of nitrogens with one attached hydrogen (secondary N) is 1. The lowest BCUT2D eigenvalue weighted by Gasteiger charge is -2.13. The molecule has 3 aromatic rings. The van der Waals surface area contributed by atoms with E-state index in [9.17, 15) is 18.0 Å². The monoisotopic (exact) mass is 517 g/mol. The van der Waals surface area contributed by atoms with E-state index in [2.05, 4.69) is 15.5 Å². The van der Waals surface area contributed by atoms with Gasteiger partial charge in [0.2, 0.25) is 16.8 Å². The third-order valence-corrected chi connectivity index (χ3v) is 5.75. The van der Waals surface area contributed by atoms with Gasteiger partial charge in [-0.05, 0) is 30.3 Å². The van der Waals surface area contributed by atoms with Crippen LogP contribution in [-0.2, 0) is 11.0 Å². The van der Waals surface area contributed by atoms with E-state index in [4.69, 9.17) is 31.7 Å². The van der Waals surface area contributed by atoms with Gasteiger partial charge < -0.3 is 25.4 Å². The SMILES string of the molecule is COc1cc(-c2nnc(SCC(=O)Nc3ccc(Cl)c(C(F)(F)F)c3)n2N)cc(OC)c1OC. The van der Waals surface area contributed by atoms with Crippen molar-refractivity contribution >= 4 is 35.0 Å². The minimum absolute atomic E-state index is 0.0466. The Labute approximate surface area is 201 Å². The highest BCUT2D eigenvalue weighted by Crippen LogP contribution is 2.41. The number of methoxy groups -OCH3 is 3. The van der Waals surface area contributed by atoms with Gasteiger partial charge in [-0.25, -0.2) is 4.68 Å². The Bertz CT molecular complexity index is 1180. The number of amides is 1. The van der Waals surface area contributed by atoms with Crippen molar-refractivity contribution in [3.63, 3.8) is 0 Å². The number of ether oxygens (including phenoxy) is 3. The van der Waals surface area contributed by atoms with Crippen LogP contribution < -0.4 is 25.4 Å². The van der Waals surface area contributed by atoms with E-state index in [-0.39, 0.29) is 22.4 Å². The number of anilines is 1. The van der Waals surface area contributed by atoms with Crippen LogP contribution in [0.2, 0.25) is 5.02 Å². The van der Waals surface area contributed by atoms with Crippen molar-refractivity contribution in [2.75, 3.05) is 38.2 Å². The molecule has 34 heavy (non-hydrogen) atoms. The molecule has 182 valence electrons. The van der Waals surface area contributed by atoms with E-state index in [1.54, 1.807) is 12.1 Å². The average molecular weight is 518 g/mol. The lowest BCUT2D eigenvalue weighted by atomic mass is 10.1. The summed E-state index contributed by atoms with van der Waals surface area (Å²) in [4.78, 5) is 12.3. The molecule has 0 unspecified atom stereocenters. The first-order valence-electron chi connectivity index (χ1n) is 9.39. The summed E-state index contributed by atoms with van der Waals surface area (Å²) in [6.07, 6.45) is -4.65. The predicted octanol–water partition coefficient (Wildman–Crippen LogP) is 4.09. The second kappa shape index (κ2) is 10.3. The molecule has 0 spiro atoms. The summed E-state index contributed by atoms with van der Waals surface area (Å²) in [7, 11) is 4.40. The molecular weight excluding hydrogens is 499 g/mol. The van der Waals surface area contributed by atoms with E-state index in [1.165, 1.54) is 32.1 Å². The molecule has 3 rings (SSSR count). The van der Waals surface area contributed by atoms with Gasteiger partial charge in [-0.3, -0.25) is 4.79 Å². The van der Waals surface area contributed by atoms with E-state index in [1.807, 2.05) is 0 Å². The zero-order valence-electron chi connectivity index (χ0n) is 18.1. The van der Waals surface area contributed by atoms with Gasteiger partial charge in [0.15, 0.2) is 17.3 Å². The highest BCUT2D eigenvalue weighted by atomic mass is 35.5. The number of nitrogens with two attached hydrogens (primary N) is 1. The van der Waals surface area contributed by atoms with Gasteiger partial charge in [0.1, 0.15) is 0 Å². The molecule has 0 bridgehead atoms. The fourth-order valence-corrected chi connectivity index (χ4v) is 3.81. The summed E-state index contributed by atoms with van der Waals surface area (Å²) in [5.74, 6) is 6.76. The van der Waals surface area contributed by atoms with Gasteiger partial charge >= 0.3 is 6.18 Å². The number of hydrogen-bond acceptors (Lipinski definition) is 8. The van der Waals surface area contributed by atoms with Gasteiger partial charge in [-0.1, -0.05) is 23.4 Å². The molecule has 1 amide bonds. The number of hydrogen-bond donors (Lipinski definition) is 2. The first-order valence-corrected chi connectivity index (χ1v) is 10.8. The minimum Gasteiger partial charge on any atom is -0.493 e. The van der Waals surface area contributed by atoms with Gasteiger partial charge in [0.25, 0.3) is 0 Å². The number of halogens is 4. The Kier molecular flexibility index (Phi) is 7.67. The molecule has 9 nitrogen and oxygen atoms in total. The number of carbonyl (C=O) groups is 1. The van der Waals surface area contributed by atoms with Crippen LogP contribution in [0, 0.1) is 0 Å². The molecule has 0 radical (unpaired) electrons. The smallest absolute Gasteiger partial charge is 0.417 e. The first kappa shape index (κ1) is 25.3. The number of alkyl halides is 3. The van der Waals surface area contributed by atoms with Crippen LogP contribution in [0.1, 0.15) is 5.56 Å². The maximum absolute atomic E-state index is 13.0. The van der Waals surface area contributed by atoms with Crippen molar-refractivity contribution in [3.05, 3.63) is 40.9 Å². The third kappa shape index (κ3) is 5.42. The van der Waals surface area contributed by atoms with E-state index >= 15 is 0 Å². The molecule has 0 fully saturated rings. The number of carbonyl (C=O) groups excluding carboxylic acids is 1. The predicted molar refractivity (Wildman–Crippen MR) is 121 cm³/mol. The summed E-state index contributed by atoms with van der Waals surface area (Å²) in [5.41, 5.74) is -0.576. The third-order valence-electron chi connectivity index (χ3n) is 4.48. The molecule has 0 saturated carbocycles. The summed E-state index contributed by atoms with van der Waals surface area (Å²) in [5, 5.41) is 10.1.